The Kier molecular flexibility index (Phi) is 8.53. The van der Waals surface area contributed by atoms with E-state index in [0.29, 0.717) is 27.9 Å². The molecule has 7 nitrogen and oxygen atoms in total. The van der Waals surface area contributed by atoms with Gasteiger partial charge in [0, 0.05) is 38.3 Å². The minimum atomic E-state index is -0.258. The molecule has 0 spiro atoms. The van der Waals surface area contributed by atoms with E-state index in [0.717, 1.165) is 61.5 Å². The molecule has 0 bridgehead atoms. The summed E-state index contributed by atoms with van der Waals surface area (Å²) in [5, 5.41) is 9.88. The summed E-state index contributed by atoms with van der Waals surface area (Å²) in [5.41, 5.74) is 3.41. The molecule has 1 amide bonds. The Morgan fingerprint density at radius 1 is 1.11 bits per heavy atom. The largest absolute Gasteiger partial charge is 0.355 e. The van der Waals surface area contributed by atoms with Crippen LogP contribution in [0.1, 0.15) is 47.6 Å². The summed E-state index contributed by atoms with van der Waals surface area (Å²) >= 11 is 6.87. The van der Waals surface area contributed by atoms with Crippen LogP contribution in [0.2, 0.25) is 0 Å². The van der Waals surface area contributed by atoms with Crippen LogP contribution in [0.5, 0.6) is 0 Å². The van der Waals surface area contributed by atoms with Crippen molar-refractivity contribution in [3.05, 3.63) is 67.3 Å². The summed E-state index contributed by atoms with van der Waals surface area (Å²) < 4.78 is 2.26. The fourth-order valence-electron chi connectivity index (χ4n) is 4.67. The average Bonchev–Trinajstić information content (AvgIpc) is 3.14. The van der Waals surface area contributed by atoms with Crippen LogP contribution in [0.15, 0.2) is 34.0 Å². The number of hydrogen-bond acceptors (Lipinski definition) is 7. The van der Waals surface area contributed by atoms with E-state index in [-0.39, 0.29) is 17.0 Å². The highest BCUT2D eigenvalue weighted by Gasteiger charge is 2.33. The number of pyridine rings is 1. The molecule has 2 aliphatic heterocycles. The van der Waals surface area contributed by atoms with Gasteiger partial charge in [0.1, 0.15) is 21.8 Å². The molecule has 0 atom stereocenters. The quantitative estimate of drug-likeness (QED) is 0.387. The van der Waals surface area contributed by atoms with E-state index in [2.05, 4.69) is 29.8 Å². The molecule has 2 fully saturated rings. The number of piperazine rings is 1. The van der Waals surface area contributed by atoms with Gasteiger partial charge in [0.2, 0.25) is 0 Å². The van der Waals surface area contributed by atoms with Gasteiger partial charge in [-0.2, -0.15) is 5.26 Å². The lowest BCUT2D eigenvalue weighted by Gasteiger charge is -2.36. The predicted molar refractivity (Wildman–Crippen MR) is 155 cm³/mol. The van der Waals surface area contributed by atoms with E-state index in [1.54, 1.807) is 9.47 Å². The molecular formula is C28H33N5O2S2. The first-order chi connectivity index (χ1) is 17.7. The van der Waals surface area contributed by atoms with Crippen molar-refractivity contribution in [2.45, 2.75) is 46.7 Å². The van der Waals surface area contributed by atoms with Crippen LogP contribution in [0.25, 0.3) is 6.08 Å². The van der Waals surface area contributed by atoms with Crippen LogP contribution in [0.4, 0.5) is 5.82 Å². The third-order valence-corrected chi connectivity index (χ3v) is 8.37. The molecule has 0 saturated carbocycles. The molecule has 2 aliphatic rings. The molecule has 37 heavy (non-hydrogen) atoms. The summed E-state index contributed by atoms with van der Waals surface area (Å²) in [6, 6.07) is 10.2. The van der Waals surface area contributed by atoms with Crippen LogP contribution in [-0.4, -0.2) is 57.8 Å². The number of unbranched alkanes of at least 4 members (excludes halogenated alkanes) is 1. The van der Waals surface area contributed by atoms with Crippen molar-refractivity contribution in [2.24, 2.45) is 0 Å². The van der Waals surface area contributed by atoms with Crippen molar-refractivity contribution in [1.29, 1.82) is 5.26 Å². The number of thioether (sulfide) groups is 1. The summed E-state index contributed by atoms with van der Waals surface area (Å²) in [7, 11) is 2.09. The number of nitrogens with zero attached hydrogens (tertiary/aromatic N) is 5. The first-order valence-corrected chi connectivity index (χ1v) is 13.9. The van der Waals surface area contributed by atoms with Crippen molar-refractivity contribution in [3.63, 3.8) is 0 Å². The zero-order chi connectivity index (χ0) is 26.7. The number of carbonyl (C=O) groups is 1. The number of carbonyl (C=O) groups excluding carboxylic acids is 1. The molecule has 4 rings (SSSR count). The van der Waals surface area contributed by atoms with Crippen LogP contribution in [-0.2, 0) is 17.9 Å². The maximum absolute atomic E-state index is 13.5. The number of thiocarbonyl (C=S) groups is 1. The smallest absolute Gasteiger partial charge is 0.270 e. The second-order valence-electron chi connectivity index (χ2n) is 9.70. The summed E-state index contributed by atoms with van der Waals surface area (Å²) in [4.78, 5) is 33.6. The second kappa shape index (κ2) is 11.6. The van der Waals surface area contributed by atoms with E-state index in [1.165, 1.54) is 11.8 Å². The second-order valence-corrected chi connectivity index (χ2v) is 11.4. The van der Waals surface area contributed by atoms with Gasteiger partial charge in [-0.15, -0.1) is 0 Å². The molecule has 0 aliphatic carbocycles. The zero-order valence-electron chi connectivity index (χ0n) is 21.9. The van der Waals surface area contributed by atoms with Gasteiger partial charge in [0.25, 0.3) is 11.5 Å². The molecule has 0 radical (unpaired) electrons. The molecule has 1 aromatic heterocycles. The highest BCUT2D eigenvalue weighted by atomic mass is 32.2. The lowest BCUT2D eigenvalue weighted by atomic mass is 10.0. The molecular weight excluding hydrogens is 502 g/mol. The van der Waals surface area contributed by atoms with Gasteiger partial charge >= 0.3 is 0 Å². The van der Waals surface area contributed by atoms with Crippen LogP contribution in [0.3, 0.4) is 0 Å². The fraction of sp³-hybridized carbons (Fsp3) is 0.429. The first-order valence-electron chi connectivity index (χ1n) is 12.7. The Morgan fingerprint density at radius 2 is 1.78 bits per heavy atom. The third-order valence-electron chi connectivity index (χ3n) is 6.99. The molecule has 1 aromatic carbocycles. The SMILES string of the molecule is CCCCn1c(N2CCN(C)CC2)c(/C=C2\SC(=S)N(Cc3ccc(C)cc3)C2=O)c(C)c(C#N)c1=O. The van der Waals surface area contributed by atoms with Gasteiger partial charge in [0.05, 0.1) is 11.4 Å². The Balaban J connectivity index is 1.80. The zero-order valence-corrected chi connectivity index (χ0v) is 23.5. The van der Waals surface area contributed by atoms with E-state index in [4.69, 9.17) is 12.2 Å². The topological polar surface area (TPSA) is 72.6 Å². The number of benzene rings is 1. The fourth-order valence-corrected chi connectivity index (χ4v) is 5.91. The summed E-state index contributed by atoms with van der Waals surface area (Å²) in [6.07, 6.45) is 3.60. The van der Waals surface area contributed by atoms with Gasteiger partial charge in [-0.1, -0.05) is 67.2 Å². The normalized spacial score (nSPS) is 17.6. The van der Waals surface area contributed by atoms with Crippen LogP contribution >= 0.6 is 24.0 Å². The summed E-state index contributed by atoms with van der Waals surface area (Å²) in [5.74, 6) is 0.649. The monoisotopic (exact) mass is 535 g/mol. The predicted octanol–water partition coefficient (Wildman–Crippen LogP) is 4.29. The number of anilines is 1. The maximum atomic E-state index is 13.5. The number of nitriles is 1. The van der Waals surface area contributed by atoms with Gasteiger partial charge in [0.15, 0.2) is 0 Å². The Hall–Kier alpha value is -2.93. The van der Waals surface area contributed by atoms with E-state index < -0.39 is 0 Å². The molecule has 2 saturated heterocycles. The maximum Gasteiger partial charge on any atom is 0.270 e. The number of likely N-dealkylation sites (N-methyl/N-ethyl adjacent to an activating group) is 1. The van der Waals surface area contributed by atoms with Crippen molar-refractivity contribution in [3.8, 4) is 6.07 Å². The number of aromatic nitrogens is 1. The lowest BCUT2D eigenvalue weighted by molar-refractivity contribution is -0.122. The van der Waals surface area contributed by atoms with Gasteiger partial charge in [-0.25, -0.2) is 0 Å². The van der Waals surface area contributed by atoms with Crippen LogP contribution in [0, 0.1) is 25.2 Å². The van der Waals surface area contributed by atoms with Crippen molar-refractivity contribution in [2.75, 3.05) is 38.1 Å². The van der Waals surface area contributed by atoms with Crippen molar-refractivity contribution >= 4 is 46.1 Å². The Morgan fingerprint density at radius 3 is 2.41 bits per heavy atom. The minimum absolute atomic E-state index is 0.135. The average molecular weight is 536 g/mol. The Bertz CT molecular complexity index is 1330. The van der Waals surface area contributed by atoms with Crippen molar-refractivity contribution < 1.29 is 4.79 Å². The molecule has 194 valence electrons. The number of rotatable bonds is 7. The number of amides is 1. The van der Waals surface area contributed by atoms with Crippen molar-refractivity contribution in [1.82, 2.24) is 14.4 Å². The molecule has 2 aromatic rings. The standard InChI is InChI=1S/C28H33N5O2S2/c1-5-6-11-32-25(31-14-12-30(4)13-15-31)22(20(3)23(17-29)26(32)34)16-24-27(35)33(28(36)37-24)18-21-9-7-19(2)8-10-21/h7-10,16H,5-6,11-15,18H2,1-4H3/b24-16-. The van der Waals surface area contributed by atoms with Crippen LogP contribution < -0.4 is 10.5 Å². The van der Waals surface area contributed by atoms with Gasteiger partial charge in [-0.3, -0.25) is 19.1 Å². The van der Waals surface area contributed by atoms with E-state index >= 15 is 0 Å². The highest BCUT2D eigenvalue weighted by Crippen LogP contribution is 2.37. The van der Waals surface area contributed by atoms with E-state index in [1.807, 2.05) is 44.2 Å². The minimum Gasteiger partial charge on any atom is -0.355 e. The lowest BCUT2D eigenvalue weighted by Crippen LogP contribution is -2.47. The number of aryl methyl sites for hydroxylation is 1. The summed E-state index contributed by atoms with van der Waals surface area (Å²) in [6.45, 7) is 10.1. The molecule has 3 heterocycles. The number of hydrogen-bond donors (Lipinski definition) is 0. The molecule has 0 N–H and O–H groups in total. The first kappa shape index (κ1) is 27.1. The van der Waals surface area contributed by atoms with E-state index in [9.17, 15) is 14.9 Å². The molecule has 9 heteroatoms. The van der Waals surface area contributed by atoms with Gasteiger partial charge < -0.3 is 9.80 Å². The molecule has 0 unspecified atom stereocenters. The Labute approximate surface area is 228 Å². The van der Waals surface area contributed by atoms with Gasteiger partial charge in [-0.05, 0) is 44.5 Å². The highest BCUT2D eigenvalue weighted by molar-refractivity contribution is 8.26. The third kappa shape index (κ3) is 5.66.